The van der Waals surface area contributed by atoms with E-state index in [4.69, 9.17) is 4.74 Å². The lowest BCUT2D eigenvalue weighted by Crippen LogP contribution is -2.45. The molecule has 0 bridgehead atoms. The van der Waals surface area contributed by atoms with Gasteiger partial charge in [-0.25, -0.2) is 9.78 Å². The normalized spacial score (nSPS) is 20.4. The fraction of sp³-hybridized carbons (Fsp3) is 0.444. The molecule has 134 valence electrons. The minimum atomic E-state index is -0.227. The Bertz CT molecular complexity index is 723. The highest BCUT2D eigenvalue weighted by atomic mass is 32.1. The Kier molecular flexibility index (Phi) is 5.55. The second kappa shape index (κ2) is 7.84. The molecular weight excluding hydrogens is 336 g/mol. The van der Waals surface area contributed by atoms with Crippen LogP contribution in [0.25, 0.3) is 0 Å². The molecule has 2 amide bonds. The van der Waals surface area contributed by atoms with Crippen LogP contribution in [0.1, 0.15) is 24.5 Å². The molecule has 1 saturated heterocycles. The molecule has 0 unspecified atom stereocenters. The van der Waals surface area contributed by atoms with E-state index in [2.05, 4.69) is 34.4 Å². The molecule has 2 N–H and O–H groups in total. The number of aryl methyl sites for hydroxylation is 1. The zero-order valence-electron chi connectivity index (χ0n) is 14.8. The molecule has 3 rings (SSSR count). The standard InChI is InChI=1S/C18H24N4O2S/c1-12-11-25-17(20-12)8-19-18(23)21-15-6-4-5-7-16(15)22-9-13(2)24-14(3)10-22/h4-7,11,13-14H,8-10H2,1-3H3,(H2,19,21,23)/t13-,14+. The first-order chi connectivity index (χ1) is 12.0. The summed E-state index contributed by atoms with van der Waals surface area (Å²) in [6.07, 6.45) is 0.331. The van der Waals surface area contributed by atoms with Gasteiger partial charge in [-0.1, -0.05) is 12.1 Å². The molecule has 25 heavy (non-hydrogen) atoms. The van der Waals surface area contributed by atoms with Crippen molar-refractivity contribution in [1.29, 1.82) is 0 Å². The van der Waals surface area contributed by atoms with Crippen molar-refractivity contribution < 1.29 is 9.53 Å². The van der Waals surface area contributed by atoms with E-state index in [0.717, 1.165) is 35.2 Å². The zero-order valence-corrected chi connectivity index (χ0v) is 15.6. The number of benzene rings is 1. The van der Waals surface area contributed by atoms with Gasteiger partial charge in [-0.05, 0) is 32.9 Å². The molecule has 1 fully saturated rings. The zero-order chi connectivity index (χ0) is 17.8. The number of nitrogens with one attached hydrogen (secondary N) is 2. The lowest BCUT2D eigenvalue weighted by atomic mass is 10.1. The Morgan fingerprint density at radius 3 is 2.72 bits per heavy atom. The van der Waals surface area contributed by atoms with E-state index in [9.17, 15) is 4.79 Å². The van der Waals surface area contributed by atoms with Crippen LogP contribution in [0.15, 0.2) is 29.6 Å². The monoisotopic (exact) mass is 360 g/mol. The molecule has 0 radical (unpaired) electrons. The maximum atomic E-state index is 12.3. The Labute approximate surface area is 152 Å². The first-order valence-corrected chi connectivity index (χ1v) is 9.34. The topological polar surface area (TPSA) is 66.5 Å². The Morgan fingerprint density at radius 2 is 2.04 bits per heavy atom. The lowest BCUT2D eigenvalue weighted by molar-refractivity contribution is -0.00517. The number of hydrogen-bond acceptors (Lipinski definition) is 5. The first-order valence-electron chi connectivity index (χ1n) is 8.46. The van der Waals surface area contributed by atoms with Crippen LogP contribution in [0.5, 0.6) is 0 Å². The molecule has 2 heterocycles. The molecule has 1 aliphatic heterocycles. The third kappa shape index (κ3) is 4.70. The largest absolute Gasteiger partial charge is 0.372 e. The third-order valence-corrected chi connectivity index (χ3v) is 4.95. The summed E-state index contributed by atoms with van der Waals surface area (Å²) in [4.78, 5) is 18.9. The Hall–Kier alpha value is -2.12. The van der Waals surface area contributed by atoms with Gasteiger partial charge in [0.2, 0.25) is 0 Å². The molecule has 7 heteroatoms. The molecule has 1 aliphatic rings. The third-order valence-electron chi connectivity index (χ3n) is 3.98. The number of carbonyl (C=O) groups is 1. The van der Waals surface area contributed by atoms with Gasteiger partial charge in [0.25, 0.3) is 0 Å². The molecular formula is C18H24N4O2S. The number of anilines is 2. The number of morpholine rings is 1. The highest BCUT2D eigenvalue weighted by molar-refractivity contribution is 7.09. The predicted molar refractivity (Wildman–Crippen MR) is 101 cm³/mol. The van der Waals surface area contributed by atoms with Gasteiger partial charge in [-0.15, -0.1) is 11.3 Å². The van der Waals surface area contributed by atoms with Gasteiger partial charge in [0.05, 0.1) is 30.1 Å². The van der Waals surface area contributed by atoms with Crippen LogP contribution in [0, 0.1) is 6.92 Å². The minimum Gasteiger partial charge on any atom is -0.372 e. The van der Waals surface area contributed by atoms with Gasteiger partial charge >= 0.3 is 6.03 Å². The van der Waals surface area contributed by atoms with Crippen molar-refractivity contribution in [2.45, 2.75) is 39.5 Å². The van der Waals surface area contributed by atoms with Crippen LogP contribution >= 0.6 is 11.3 Å². The fourth-order valence-corrected chi connectivity index (χ4v) is 3.75. The second-order valence-electron chi connectivity index (χ2n) is 6.37. The number of rotatable bonds is 4. The highest BCUT2D eigenvalue weighted by Crippen LogP contribution is 2.28. The number of aromatic nitrogens is 1. The molecule has 0 spiro atoms. The van der Waals surface area contributed by atoms with E-state index in [0.29, 0.717) is 6.54 Å². The Balaban J connectivity index is 1.65. The maximum Gasteiger partial charge on any atom is 0.319 e. The second-order valence-corrected chi connectivity index (χ2v) is 7.31. The molecule has 2 aromatic rings. The summed E-state index contributed by atoms with van der Waals surface area (Å²) in [5.41, 5.74) is 2.80. The van der Waals surface area contributed by atoms with E-state index < -0.39 is 0 Å². The van der Waals surface area contributed by atoms with Crippen LogP contribution in [0.2, 0.25) is 0 Å². The van der Waals surface area contributed by atoms with E-state index in [1.807, 2.05) is 36.6 Å². The van der Waals surface area contributed by atoms with E-state index in [1.165, 1.54) is 0 Å². The Morgan fingerprint density at radius 1 is 1.32 bits per heavy atom. The summed E-state index contributed by atoms with van der Waals surface area (Å²) in [7, 11) is 0. The molecule has 6 nitrogen and oxygen atoms in total. The molecule has 1 aromatic heterocycles. The average molecular weight is 360 g/mol. The van der Waals surface area contributed by atoms with Crippen LogP contribution in [0.4, 0.5) is 16.2 Å². The van der Waals surface area contributed by atoms with Crippen LogP contribution in [-0.4, -0.2) is 36.3 Å². The van der Waals surface area contributed by atoms with Crippen LogP contribution in [0.3, 0.4) is 0 Å². The quantitative estimate of drug-likeness (QED) is 0.877. The number of hydrogen-bond donors (Lipinski definition) is 2. The van der Waals surface area contributed by atoms with E-state index >= 15 is 0 Å². The van der Waals surface area contributed by atoms with Gasteiger partial charge < -0.3 is 20.3 Å². The van der Waals surface area contributed by atoms with Crippen molar-refractivity contribution in [1.82, 2.24) is 10.3 Å². The number of amides is 2. The summed E-state index contributed by atoms with van der Waals surface area (Å²) in [6, 6.07) is 7.64. The van der Waals surface area contributed by atoms with Crippen molar-refractivity contribution >= 4 is 28.7 Å². The molecule has 0 saturated carbocycles. The smallest absolute Gasteiger partial charge is 0.319 e. The van der Waals surface area contributed by atoms with Gasteiger partial charge in [0.15, 0.2) is 0 Å². The van der Waals surface area contributed by atoms with Gasteiger partial charge in [0, 0.05) is 24.2 Å². The SMILES string of the molecule is Cc1csc(CNC(=O)Nc2ccccc2N2C[C@@H](C)O[C@@H](C)C2)n1. The number of carbonyl (C=O) groups excluding carboxylic acids is 1. The number of nitrogens with zero attached hydrogens (tertiary/aromatic N) is 2. The summed E-state index contributed by atoms with van der Waals surface area (Å²) in [5, 5.41) is 8.70. The number of urea groups is 1. The molecule has 1 aromatic carbocycles. The number of para-hydroxylation sites is 2. The van der Waals surface area contributed by atoms with Gasteiger partial charge in [-0.2, -0.15) is 0 Å². The van der Waals surface area contributed by atoms with Crippen LogP contribution < -0.4 is 15.5 Å². The maximum absolute atomic E-state index is 12.3. The van der Waals surface area contributed by atoms with E-state index in [-0.39, 0.29) is 18.2 Å². The lowest BCUT2D eigenvalue weighted by Gasteiger charge is -2.37. The van der Waals surface area contributed by atoms with Gasteiger partial charge in [-0.3, -0.25) is 0 Å². The summed E-state index contributed by atoms with van der Waals surface area (Å²) in [5.74, 6) is 0. The van der Waals surface area contributed by atoms with E-state index in [1.54, 1.807) is 11.3 Å². The predicted octanol–water partition coefficient (Wildman–Crippen LogP) is 3.39. The summed E-state index contributed by atoms with van der Waals surface area (Å²) >= 11 is 1.55. The number of ether oxygens (including phenoxy) is 1. The van der Waals surface area contributed by atoms with Gasteiger partial charge in [0.1, 0.15) is 5.01 Å². The fourth-order valence-electron chi connectivity index (χ4n) is 3.04. The highest BCUT2D eigenvalue weighted by Gasteiger charge is 2.24. The summed E-state index contributed by atoms with van der Waals surface area (Å²) in [6.45, 7) is 8.13. The van der Waals surface area contributed by atoms with Crippen molar-refractivity contribution in [3.63, 3.8) is 0 Å². The van der Waals surface area contributed by atoms with Crippen LogP contribution in [-0.2, 0) is 11.3 Å². The average Bonchev–Trinajstić information content (AvgIpc) is 2.98. The van der Waals surface area contributed by atoms with Crippen molar-refractivity contribution in [3.8, 4) is 0 Å². The first kappa shape index (κ1) is 17.7. The van der Waals surface area contributed by atoms with Crippen molar-refractivity contribution in [2.24, 2.45) is 0 Å². The molecule has 2 atom stereocenters. The molecule has 0 aliphatic carbocycles. The minimum absolute atomic E-state index is 0.166. The van der Waals surface area contributed by atoms with Crippen molar-refractivity contribution in [2.75, 3.05) is 23.3 Å². The number of thiazole rings is 1. The summed E-state index contributed by atoms with van der Waals surface area (Å²) < 4.78 is 5.80. The van der Waals surface area contributed by atoms with Crippen molar-refractivity contribution in [3.05, 3.63) is 40.3 Å².